The molecule has 0 bridgehead atoms. The van der Waals surface area contributed by atoms with E-state index in [9.17, 15) is 0 Å². The average Bonchev–Trinajstić information content (AvgIpc) is 2.05. The lowest BCUT2D eigenvalue weighted by Gasteiger charge is -2.23. The minimum absolute atomic E-state index is 0.0251. The maximum Gasteiger partial charge on any atom is 0.140 e. The van der Waals surface area contributed by atoms with E-state index in [0.717, 1.165) is 6.61 Å². The second-order valence-corrected chi connectivity index (χ2v) is 19.5. The van der Waals surface area contributed by atoms with E-state index < -0.39 is 0 Å². The van der Waals surface area contributed by atoms with Crippen molar-refractivity contribution in [2.75, 3.05) is 6.61 Å². The van der Waals surface area contributed by atoms with Gasteiger partial charge in [0.25, 0.3) is 0 Å². The number of rotatable bonds is 2. The first-order valence-electron chi connectivity index (χ1n) is 4.06. The zero-order valence-corrected chi connectivity index (χ0v) is 11.2. The van der Waals surface area contributed by atoms with Crippen LogP contribution in [0.5, 0.6) is 0 Å². The van der Waals surface area contributed by atoms with E-state index in [1.807, 2.05) is 0 Å². The maximum atomic E-state index is 6.21. The molecule has 0 N–H and O–H groups in total. The van der Waals surface area contributed by atoms with E-state index >= 15 is 0 Å². The second kappa shape index (κ2) is 4.71. The SMILES string of the molecule is CCC(Cl)[SiH]1CCO[SiH2][SiH2]1. The van der Waals surface area contributed by atoms with E-state index in [-0.39, 0.29) is 26.1 Å². The molecule has 0 aromatic rings. The molecule has 1 heterocycles. The maximum absolute atomic E-state index is 6.21. The van der Waals surface area contributed by atoms with Crippen molar-refractivity contribution in [3.05, 3.63) is 0 Å². The van der Waals surface area contributed by atoms with Crippen molar-refractivity contribution in [2.45, 2.75) is 24.4 Å². The molecule has 60 valence electrons. The Morgan fingerprint density at radius 1 is 1.80 bits per heavy atom. The van der Waals surface area contributed by atoms with Gasteiger partial charge in [-0.3, -0.25) is 0 Å². The predicted octanol–water partition coefficient (Wildman–Crippen LogP) is -0.535. The highest BCUT2D eigenvalue weighted by Crippen LogP contribution is 2.11. The summed E-state index contributed by atoms with van der Waals surface area (Å²) in [5, 5.41) is 0.614. The van der Waals surface area contributed by atoms with Gasteiger partial charge in [-0.05, 0) is 12.5 Å². The molecule has 0 radical (unpaired) electrons. The van der Waals surface area contributed by atoms with E-state index in [1.165, 1.54) is 12.5 Å². The molecule has 0 aromatic carbocycles. The van der Waals surface area contributed by atoms with Crippen LogP contribution in [0.1, 0.15) is 13.3 Å². The molecule has 0 saturated carbocycles. The fraction of sp³-hybridized carbons (Fsp3) is 1.00. The third-order valence-corrected chi connectivity index (χ3v) is 24.0. The summed E-state index contributed by atoms with van der Waals surface area (Å²) >= 11 is 6.21. The molecule has 0 aromatic heterocycles. The van der Waals surface area contributed by atoms with E-state index in [0.29, 0.717) is 5.00 Å². The normalized spacial score (nSPS) is 34.8. The smallest absolute Gasteiger partial charge is 0.140 e. The monoisotopic (exact) mass is 210 g/mol. The van der Waals surface area contributed by atoms with Gasteiger partial charge in [0.15, 0.2) is 0 Å². The van der Waals surface area contributed by atoms with E-state index in [1.54, 1.807) is 0 Å². The molecule has 5 heteroatoms. The first kappa shape index (κ1) is 8.99. The Bertz CT molecular complexity index is 96.9. The van der Waals surface area contributed by atoms with Crippen molar-refractivity contribution in [2.24, 2.45) is 0 Å². The minimum atomic E-state index is -0.379. The average molecular weight is 211 g/mol. The van der Waals surface area contributed by atoms with Gasteiger partial charge in [-0.2, -0.15) is 0 Å². The molecule has 0 aliphatic carbocycles. The Balaban J connectivity index is 2.24. The first-order chi connectivity index (χ1) is 4.84. The molecule has 2 unspecified atom stereocenters. The van der Waals surface area contributed by atoms with Crippen molar-refractivity contribution >= 4 is 37.8 Å². The topological polar surface area (TPSA) is 9.23 Å². The molecule has 1 nitrogen and oxygen atoms in total. The van der Waals surface area contributed by atoms with E-state index in [4.69, 9.17) is 16.0 Å². The largest absolute Gasteiger partial charge is 0.428 e. The molecule has 1 aliphatic heterocycles. The Morgan fingerprint density at radius 2 is 2.60 bits per heavy atom. The van der Waals surface area contributed by atoms with Crippen LogP contribution >= 0.6 is 11.6 Å². The summed E-state index contributed by atoms with van der Waals surface area (Å²) in [6.45, 7) is 3.29. The van der Waals surface area contributed by atoms with Gasteiger partial charge in [0, 0.05) is 28.5 Å². The van der Waals surface area contributed by atoms with Crippen molar-refractivity contribution in [1.29, 1.82) is 0 Å². The molecule has 1 saturated heterocycles. The Morgan fingerprint density at radius 3 is 3.10 bits per heavy atom. The summed E-state index contributed by atoms with van der Waals surface area (Å²) in [7, 11) is -0.0665. The lowest BCUT2D eigenvalue weighted by atomic mass is 10.6. The van der Waals surface area contributed by atoms with Crippen LogP contribution in [0.3, 0.4) is 0 Å². The second-order valence-electron chi connectivity index (χ2n) is 2.87. The summed E-state index contributed by atoms with van der Waals surface area (Å²) in [6.07, 6.45) is 1.21. The summed E-state index contributed by atoms with van der Waals surface area (Å²) in [6, 6.07) is 1.39. The van der Waals surface area contributed by atoms with Gasteiger partial charge in [-0.25, -0.2) is 0 Å². The molecule has 0 spiro atoms. The lowest BCUT2D eigenvalue weighted by molar-refractivity contribution is 0.366. The van der Waals surface area contributed by atoms with Crippen molar-refractivity contribution in [3.8, 4) is 0 Å². The number of alkyl halides is 1. The number of hydrogen-bond donors (Lipinski definition) is 0. The molecule has 2 atom stereocenters. The van der Waals surface area contributed by atoms with Crippen LogP contribution in [-0.2, 0) is 4.43 Å². The summed E-state index contributed by atoms with van der Waals surface area (Å²) in [4.78, 5) is 0. The van der Waals surface area contributed by atoms with Crippen molar-refractivity contribution in [1.82, 2.24) is 0 Å². The molecular weight excluding hydrogens is 196 g/mol. The standard InChI is InChI=1S/C5H15ClOSi3/c1-2-5(6)10-4-3-7-8-9-10/h5,10H,2-4,8-9H2,1H3. The van der Waals surface area contributed by atoms with Crippen LogP contribution < -0.4 is 0 Å². The van der Waals surface area contributed by atoms with Gasteiger partial charge < -0.3 is 4.43 Å². The van der Waals surface area contributed by atoms with Gasteiger partial charge in [-0.15, -0.1) is 11.6 Å². The molecule has 1 fully saturated rings. The minimum Gasteiger partial charge on any atom is -0.428 e. The lowest BCUT2D eigenvalue weighted by Crippen LogP contribution is -2.42. The summed E-state index contributed by atoms with van der Waals surface area (Å²) in [5.41, 5.74) is 0. The first-order valence-corrected chi connectivity index (χ1v) is 13.8. The zero-order valence-electron chi connectivity index (χ0n) is 6.48. The Hall–Kier alpha value is 0.901. The van der Waals surface area contributed by atoms with Gasteiger partial charge in [-0.1, -0.05) is 6.92 Å². The van der Waals surface area contributed by atoms with Crippen LogP contribution in [0.4, 0.5) is 0 Å². The van der Waals surface area contributed by atoms with Gasteiger partial charge in [0.05, 0.1) is 0 Å². The van der Waals surface area contributed by atoms with Crippen LogP contribution in [-0.4, -0.2) is 37.8 Å². The number of halogens is 1. The molecule has 1 aliphatic rings. The van der Waals surface area contributed by atoms with Gasteiger partial charge >= 0.3 is 0 Å². The molecule has 1 rings (SSSR count). The van der Waals surface area contributed by atoms with E-state index in [2.05, 4.69) is 6.92 Å². The summed E-state index contributed by atoms with van der Waals surface area (Å²) < 4.78 is 5.47. The van der Waals surface area contributed by atoms with Gasteiger partial charge in [0.1, 0.15) is 9.28 Å². The van der Waals surface area contributed by atoms with Crippen LogP contribution in [0.25, 0.3) is 0 Å². The highest BCUT2D eigenvalue weighted by molar-refractivity contribution is 7.36. The Kier molecular flexibility index (Phi) is 4.24. The van der Waals surface area contributed by atoms with Gasteiger partial charge in [0.2, 0.25) is 0 Å². The van der Waals surface area contributed by atoms with Crippen LogP contribution in [0.2, 0.25) is 6.04 Å². The van der Waals surface area contributed by atoms with Crippen LogP contribution in [0.15, 0.2) is 0 Å². The quantitative estimate of drug-likeness (QED) is 0.440. The fourth-order valence-corrected chi connectivity index (χ4v) is 24.1. The number of hydrogen-bond acceptors (Lipinski definition) is 1. The fourth-order valence-electron chi connectivity index (χ4n) is 1.41. The van der Waals surface area contributed by atoms with Crippen molar-refractivity contribution in [3.63, 3.8) is 0 Å². The third-order valence-electron chi connectivity index (χ3n) is 2.17. The highest BCUT2D eigenvalue weighted by atomic mass is 35.5. The summed E-state index contributed by atoms with van der Waals surface area (Å²) in [5.74, 6) is 0. The molecule has 10 heavy (non-hydrogen) atoms. The molecule has 0 amide bonds. The molecular formula is C5H15ClOSi3. The zero-order chi connectivity index (χ0) is 7.40. The predicted molar refractivity (Wildman–Crippen MR) is 54.9 cm³/mol. The highest BCUT2D eigenvalue weighted by Gasteiger charge is 2.22. The third kappa shape index (κ3) is 2.50. The Labute approximate surface area is 73.4 Å². The van der Waals surface area contributed by atoms with Crippen LogP contribution in [0, 0.1) is 0 Å². The van der Waals surface area contributed by atoms with Crippen molar-refractivity contribution < 1.29 is 4.43 Å².